The van der Waals surface area contributed by atoms with Gasteiger partial charge in [0, 0.05) is 30.9 Å². The van der Waals surface area contributed by atoms with Crippen molar-refractivity contribution >= 4 is 5.91 Å². The van der Waals surface area contributed by atoms with Crippen molar-refractivity contribution in [2.45, 2.75) is 75.6 Å². The van der Waals surface area contributed by atoms with Crippen LogP contribution in [0.2, 0.25) is 0 Å². The Morgan fingerprint density at radius 2 is 1.96 bits per heavy atom. The molecule has 1 spiro atoms. The van der Waals surface area contributed by atoms with Crippen LogP contribution in [0.3, 0.4) is 0 Å². The van der Waals surface area contributed by atoms with Crippen molar-refractivity contribution in [3.63, 3.8) is 0 Å². The van der Waals surface area contributed by atoms with Gasteiger partial charge in [-0.2, -0.15) is 0 Å². The molecule has 1 aromatic heterocycles. The third-order valence-electron chi connectivity index (χ3n) is 6.78. The number of rotatable bonds is 4. The normalized spacial score (nSPS) is 32.2. The molecule has 1 aliphatic carbocycles. The van der Waals surface area contributed by atoms with Crippen molar-refractivity contribution < 1.29 is 14.6 Å². The highest BCUT2D eigenvalue weighted by molar-refractivity contribution is 5.88. The number of aromatic nitrogens is 1. The molecule has 1 atom stereocenters. The lowest BCUT2D eigenvalue weighted by molar-refractivity contribution is -0.152. The fourth-order valence-corrected chi connectivity index (χ4v) is 5.36. The molecule has 1 amide bonds. The van der Waals surface area contributed by atoms with E-state index in [1.165, 1.54) is 0 Å². The average molecular weight is 373 g/mol. The molecule has 1 unspecified atom stereocenters. The lowest BCUT2D eigenvalue weighted by Crippen LogP contribution is -2.62. The number of ether oxygens (including phenoxy) is 1. The molecule has 1 aromatic rings. The standard InChI is InChI=1S/C21H31N3O3/c1-27-19-16(5-2-12-22-19)15-23-13-3-10-21(23)11-4-14-24(20(21)26)17-6-8-18(25)9-7-17/h2,5,12,17-18,25H,3-4,6-11,13-15H2,1H3. The van der Waals surface area contributed by atoms with E-state index in [2.05, 4.69) is 14.8 Å². The zero-order valence-electron chi connectivity index (χ0n) is 16.3. The molecule has 1 saturated carbocycles. The van der Waals surface area contributed by atoms with E-state index >= 15 is 0 Å². The number of aliphatic hydroxyl groups is 1. The van der Waals surface area contributed by atoms with Crippen LogP contribution >= 0.6 is 0 Å². The second kappa shape index (κ2) is 7.76. The zero-order valence-corrected chi connectivity index (χ0v) is 16.3. The molecule has 3 heterocycles. The van der Waals surface area contributed by atoms with Crippen LogP contribution in [0.5, 0.6) is 5.88 Å². The molecule has 0 aromatic carbocycles. The number of carbonyl (C=O) groups excluding carboxylic acids is 1. The van der Waals surface area contributed by atoms with Crippen LogP contribution in [-0.2, 0) is 11.3 Å². The number of methoxy groups -OCH3 is 1. The number of aliphatic hydroxyl groups excluding tert-OH is 1. The summed E-state index contributed by atoms with van der Waals surface area (Å²) >= 11 is 0. The van der Waals surface area contributed by atoms with Crippen LogP contribution in [0.4, 0.5) is 0 Å². The van der Waals surface area contributed by atoms with E-state index in [9.17, 15) is 9.90 Å². The Bertz CT molecular complexity index is 674. The van der Waals surface area contributed by atoms with Gasteiger partial charge in [0.15, 0.2) is 0 Å². The van der Waals surface area contributed by atoms with Crippen LogP contribution in [0.25, 0.3) is 0 Å². The predicted octanol–water partition coefficient (Wildman–Crippen LogP) is 2.35. The summed E-state index contributed by atoms with van der Waals surface area (Å²) in [5, 5.41) is 9.82. The minimum atomic E-state index is -0.366. The first-order valence-electron chi connectivity index (χ1n) is 10.4. The number of amides is 1. The van der Waals surface area contributed by atoms with Gasteiger partial charge in [-0.1, -0.05) is 6.07 Å². The van der Waals surface area contributed by atoms with Crippen LogP contribution < -0.4 is 4.74 Å². The molecule has 2 saturated heterocycles. The molecule has 1 N–H and O–H groups in total. The number of pyridine rings is 1. The Morgan fingerprint density at radius 3 is 2.70 bits per heavy atom. The number of nitrogens with zero attached hydrogens (tertiary/aromatic N) is 3. The van der Waals surface area contributed by atoms with E-state index in [0.717, 1.165) is 70.0 Å². The summed E-state index contributed by atoms with van der Waals surface area (Å²) in [4.78, 5) is 22.5. The summed E-state index contributed by atoms with van der Waals surface area (Å²) in [5.41, 5.74) is 0.682. The van der Waals surface area contributed by atoms with Crippen molar-refractivity contribution in [2.75, 3.05) is 20.2 Å². The van der Waals surface area contributed by atoms with Gasteiger partial charge < -0.3 is 14.7 Å². The summed E-state index contributed by atoms with van der Waals surface area (Å²) in [5.74, 6) is 0.969. The maximum Gasteiger partial charge on any atom is 0.243 e. The monoisotopic (exact) mass is 373 g/mol. The van der Waals surface area contributed by atoms with Gasteiger partial charge in [0.1, 0.15) is 5.54 Å². The molecule has 3 aliphatic rings. The highest BCUT2D eigenvalue weighted by Crippen LogP contribution is 2.41. The minimum Gasteiger partial charge on any atom is -0.481 e. The third-order valence-corrected chi connectivity index (χ3v) is 6.78. The van der Waals surface area contributed by atoms with Crippen molar-refractivity contribution in [3.05, 3.63) is 23.9 Å². The van der Waals surface area contributed by atoms with Crippen molar-refractivity contribution in [3.8, 4) is 5.88 Å². The van der Waals surface area contributed by atoms with Gasteiger partial charge in [-0.25, -0.2) is 4.98 Å². The second-order valence-electron chi connectivity index (χ2n) is 8.29. The van der Waals surface area contributed by atoms with E-state index in [1.807, 2.05) is 12.1 Å². The molecule has 3 fully saturated rings. The fourth-order valence-electron chi connectivity index (χ4n) is 5.36. The molecule has 27 heavy (non-hydrogen) atoms. The van der Waals surface area contributed by atoms with Crippen molar-refractivity contribution in [1.82, 2.24) is 14.8 Å². The Balaban J connectivity index is 1.54. The number of piperidine rings is 1. The van der Waals surface area contributed by atoms with Gasteiger partial charge in [0.25, 0.3) is 0 Å². The number of hydrogen-bond acceptors (Lipinski definition) is 5. The van der Waals surface area contributed by atoms with Gasteiger partial charge in [0.05, 0.1) is 13.2 Å². The molecule has 148 valence electrons. The van der Waals surface area contributed by atoms with Gasteiger partial charge in [-0.15, -0.1) is 0 Å². The molecule has 2 aliphatic heterocycles. The summed E-state index contributed by atoms with van der Waals surface area (Å²) in [7, 11) is 1.65. The van der Waals surface area contributed by atoms with E-state index in [-0.39, 0.29) is 11.6 Å². The van der Waals surface area contributed by atoms with Gasteiger partial charge in [-0.3, -0.25) is 9.69 Å². The summed E-state index contributed by atoms with van der Waals surface area (Å²) in [6, 6.07) is 4.28. The molecule has 0 radical (unpaired) electrons. The summed E-state index contributed by atoms with van der Waals surface area (Å²) in [6.07, 6.45) is 9.07. The Morgan fingerprint density at radius 1 is 1.22 bits per heavy atom. The van der Waals surface area contributed by atoms with Gasteiger partial charge in [0.2, 0.25) is 11.8 Å². The molecular formula is C21H31N3O3. The van der Waals surface area contributed by atoms with Crippen LogP contribution in [-0.4, -0.2) is 63.7 Å². The molecule has 6 nitrogen and oxygen atoms in total. The summed E-state index contributed by atoms with van der Waals surface area (Å²) in [6.45, 7) is 2.52. The largest absolute Gasteiger partial charge is 0.481 e. The Labute approximate surface area is 161 Å². The second-order valence-corrected chi connectivity index (χ2v) is 8.29. The van der Waals surface area contributed by atoms with E-state index < -0.39 is 0 Å². The quantitative estimate of drug-likeness (QED) is 0.878. The molecule has 0 bridgehead atoms. The summed E-state index contributed by atoms with van der Waals surface area (Å²) < 4.78 is 5.43. The smallest absolute Gasteiger partial charge is 0.243 e. The van der Waals surface area contributed by atoms with Crippen LogP contribution in [0.1, 0.15) is 56.9 Å². The first-order valence-corrected chi connectivity index (χ1v) is 10.4. The first kappa shape index (κ1) is 18.7. The Hall–Kier alpha value is -1.66. The van der Waals surface area contributed by atoms with Gasteiger partial charge >= 0.3 is 0 Å². The first-order chi connectivity index (χ1) is 13.1. The lowest BCUT2D eigenvalue weighted by Gasteiger charge is -2.48. The topological polar surface area (TPSA) is 65.9 Å². The fraction of sp³-hybridized carbons (Fsp3) is 0.714. The highest BCUT2D eigenvalue weighted by Gasteiger charge is 2.52. The average Bonchev–Trinajstić information content (AvgIpc) is 3.08. The maximum atomic E-state index is 13.7. The minimum absolute atomic E-state index is 0.184. The number of likely N-dealkylation sites (tertiary alicyclic amines) is 2. The predicted molar refractivity (Wildman–Crippen MR) is 102 cm³/mol. The zero-order chi connectivity index (χ0) is 18.9. The van der Waals surface area contributed by atoms with Crippen LogP contribution in [0, 0.1) is 0 Å². The third kappa shape index (κ3) is 3.45. The van der Waals surface area contributed by atoms with E-state index in [0.29, 0.717) is 24.4 Å². The van der Waals surface area contributed by atoms with Gasteiger partial charge in [-0.05, 0) is 64.0 Å². The molecular weight excluding hydrogens is 342 g/mol. The van der Waals surface area contributed by atoms with E-state index in [4.69, 9.17) is 4.74 Å². The van der Waals surface area contributed by atoms with Crippen molar-refractivity contribution in [1.29, 1.82) is 0 Å². The lowest BCUT2D eigenvalue weighted by atomic mass is 9.82. The number of hydrogen-bond donors (Lipinski definition) is 1. The number of carbonyl (C=O) groups is 1. The van der Waals surface area contributed by atoms with E-state index in [1.54, 1.807) is 13.3 Å². The highest BCUT2D eigenvalue weighted by atomic mass is 16.5. The maximum absolute atomic E-state index is 13.7. The Kier molecular flexibility index (Phi) is 5.37. The van der Waals surface area contributed by atoms with Crippen molar-refractivity contribution in [2.24, 2.45) is 0 Å². The molecule has 4 rings (SSSR count). The SMILES string of the molecule is COc1ncccc1CN1CCCC12CCCN(C1CCC(O)CC1)C2=O. The molecule has 6 heteroatoms. The van der Waals surface area contributed by atoms with Crippen LogP contribution in [0.15, 0.2) is 18.3 Å².